The zero-order valence-corrected chi connectivity index (χ0v) is 9.81. The summed E-state index contributed by atoms with van der Waals surface area (Å²) in [5.41, 5.74) is 0. The molecular formula is C9H8FIN2O2. The number of carbonyl (C=O) groups excluding carboxylic acids is 1. The second-order valence-electron chi connectivity index (χ2n) is 3.30. The molecule has 1 fully saturated rings. The first-order valence-electron chi connectivity index (χ1n) is 4.38. The maximum absolute atomic E-state index is 13.1. The van der Waals surface area contributed by atoms with Crippen molar-refractivity contribution in [1.82, 2.24) is 4.98 Å². The first-order valence-corrected chi connectivity index (χ1v) is 5.46. The van der Waals surface area contributed by atoms with E-state index in [0.717, 1.165) is 0 Å². The molecular weight excluding hydrogens is 314 g/mol. The predicted molar refractivity (Wildman–Crippen MR) is 59.9 cm³/mol. The molecule has 15 heavy (non-hydrogen) atoms. The number of hydrogen-bond acceptors (Lipinski definition) is 3. The van der Waals surface area contributed by atoms with Gasteiger partial charge in [-0.1, -0.05) is 0 Å². The molecule has 1 unspecified atom stereocenters. The number of aromatic nitrogens is 1. The molecule has 1 atom stereocenters. The van der Waals surface area contributed by atoms with Gasteiger partial charge in [0.2, 0.25) is 11.9 Å². The van der Waals surface area contributed by atoms with Crippen LogP contribution in [0.5, 0.6) is 0 Å². The van der Waals surface area contributed by atoms with Crippen LogP contribution >= 0.6 is 22.6 Å². The number of pyridine rings is 1. The van der Waals surface area contributed by atoms with E-state index in [-0.39, 0.29) is 24.7 Å². The van der Waals surface area contributed by atoms with Crippen molar-refractivity contribution in [3.63, 3.8) is 0 Å². The van der Waals surface area contributed by atoms with Crippen LogP contribution in [0.25, 0.3) is 0 Å². The number of aliphatic hydroxyl groups is 1. The van der Waals surface area contributed by atoms with E-state index < -0.39 is 12.1 Å². The largest absolute Gasteiger partial charge is 0.391 e. The lowest BCUT2D eigenvalue weighted by Crippen LogP contribution is -2.26. The van der Waals surface area contributed by atoms with Crippen molar-refractivity contribution < 1.29 is 14.3 Å². The number of hydrogen-bond donors (Lipinski definition) is 1. The Morgan fingerprint density at radius 2 is 2.33 bits per heavy atom. The van der Waals surface area contributed by atoms with E-state index in [1.807, 2.05) is 22.6 Å². The highest BCUT2D eigenvalue weighted by Gasteiger charge is 2.30. The molecule has 1 saturated heterocycles. The van der Waals surface area contributed by atoms with Crippen LogP contribution in [0.15, 0.2) is 12.1 Å². The fourth-order valence-electron chi connectivity index (χ4n) is 1.47. The molecule has 2 heterocycles. The monoisotopic (exact) mass is 322 g/mol. The molecule has 2 rings (SSSR count). The molecule has 1 aliphatic rings. The van der Waals surface area contributed by atoms with E-state index in [0.29, 0.717) is 3.57 Å². The average Bonchev–Trinajstić information content (AvgIpc) is 2.50. The first-order chi connectivity index (χ1) is 7.08. The summed E-state index contributed by atoms with van der Waals surface area (Å²) < 4.78 is 13.5. The highest BCUT2D eigenvalue weighted by atomic mass is 127. The van der Waals surface area contributed by atoms with Gasteiger partial charge in [-0.25, -0.2) is 4.98 Å². The molecule has 0 saturated carbocycles. The van der Waals surface area contributed by atoms with Gasteiger partial charge in [0.05, 0.1) is 22.6 Å². The van der Waals surface area contributed by atoms with Crippen molar-refractivity contribution in [2.24, 2.45) is 0 Å². The Labute approximate surface area is 99.2 Å². The quantitative estimate of drug-likeness (QED) is 0.618. The van der Waals surface area contributed by atoms with E-state index in [1.165, 1.54) is 4.90 Å². The fourth-order valence-corrected chi connectivity index (χ4v) is 1.77. The minimum Gasteiger partial charge on any atom is -0.391 e. The van der Waals surface area contributed by atoms with Gasteiger partial charge in [-0.2, -0.15) is 4.39 Å². The first kappa shape index (κ1) is 10.7. The molecule has 4 nitrogen and oxygen atoms in total. The number of rotatable bonds is 1. The van der Waals surface area contributed by atoms with Gasteiger partial charge in [-0.3, -0.25) is 9.69 Å². The lowest BCUT2D eigenvalue weighted by Gasteiger charge is -2.14. The van der Waals surface area contributed by atoms with E-state index in [2.05, 4.69) is 4.98 Å². The Hall–Kier alpha value is -0.760. The number of β-amino-alcohol motifs (C(OH)–C–C–N with tert-alkyl or cyclic N) is 1. The summed E-state index contributed by atoms with van der Waals surface area (Å²) >= 11 is 1.82. The third-order valence-corrected chi connectivity index (χ3v) is 2.97. The van der Waals surface area contributed by atoms with Crippen LogP contribution in [-0.4, -0.2) is 28.6 Å². The lowest BCUT2D eigenvalue weighted by atomic mass is 10.3. The van der Waals surface area contributed by atoms with Crippen molar-refractivity contribution in [2.75, 3.05) is 11.4 Å². The molecule has 1 aromatic heterocycles. The summed E-state index contributed by atoms with van der Waals surface area (Å²) in [7, 11) is 0. The summed E-state index contributed by atoms with van der Waals surface area (Å²) in [5.74, 6) is -0.563. The maximum Gasteiger partial charge on any atom is 0.230 e. The molecule has 6 heteroatoms. The van der Waals surface area contributed by atoms with E-state index in [1.54, 1.807) is 12.1 Å². The zero-order chi connectivity index (χ0) is 11.0. The van der Waals surface area contributed by atoms with Gasteiger partial charge in [0.15, 0.2) is 0 Å². The minimum atomic E-state index is -0.679. The highest BCUT2D eigenvalue weighted by Crippen LogP contribution is 2.21. The fraction of sp³-hybridized carbons (Fsp3) is 0.333. The minimum absolute atomic E-state index is 0.0787. The molecule has 1 aromatic rings. The van der Waals surface area contributed by atoms with Crippen molar-refractivity contribution >= 4 is 34.3 Å². The standard InChI is InChI=1S/C9H8FIN2O2/c10-9-6(11)1-2-7(12-9)13-4-5(14)3-8(13)15/h1-2,5,14H,3-4H2. The van der Waals surface area contributed by atoms with Gasteiger partial charge in [0.25, 0.3) is 0 Å². The Balaban J connectivity index is 2.30. The van der Waals surface area contributed by atoms with Crippen molar-refractivity contribution in [2.45, 2.75) is 12.5 Å². The molecule has 0 aliphatic carbocycles. The van der Waals surface area contributed by atoms with Gasteiger partial charge >= 0.3 is 0 Å². The van der Waals surface area contributed by atoms with E-state index >= 15 is 0 Å². The number of halogens is 2. The van der Waals surface area contributed by atoms with E-state index in [4.69, 9.17) is 0 Å². The normalized spacial score (nSPS) is 21.1. The smallest absolute Gasteiger partial charge is 0.230 e. The molecule has 0 radical (unpaired) electrons. The number of anilines is 1. The molecule has 80 valence electrons. The molecule has 0 aromatic carbocycles. The Morgan fingerprint density at radius 1 is 1.60 bits per heavy atom. The highest BCUT2D eigenvalue weighted by molar-refractivity contribution is 14.1. The maximum atomic E-state index is 13.1. The van der Waals surface area contributed by atoms with Crippen molar-refractivity contribution in [3.8, 4) is 0 Å². The number of carbonyl (C=O) groups is 1. The Bertz CT molecular complexity index is 413. The van der Waals surface area contributed by atoms with Crippen LogP contribution in [0.4, 0.5) is 10.2 Å². The zero-order valence-electron chi connectivity index (χ0n) is 7.65. The number of nitrogens with zero attached hydrogens (tertiary/aromatic N) is 2. The summed E-state index contributed by atoms with van der Waals surface area (Å²) in [6.07, 6.45) is -0.600. The summed E-state index contributed by atoms with van der Waals surface area (Å²) in [6.45, 7) is 0.186. The van der Waals surface area contributed by atoms with Gasteiger partial charge in [0.1, 0.15) is 5.82 Å². The average molecular weight is 322 g/mol. The third kappa shape index (κ3) is 2.10. The third-order valence-electron chi connectivity index (χ3n) is 2.17. The SMILES string of the molecule is O=C1CC(O)CN1c1ccc(I)c(F)n1. The van der Waals surface area contributed by atoms with Crippen LogP contribution in [0.2, 0.25) is 0 Å². The molecule has 1 N–H and O–H groups in total. The molecule has 0 spiro atoms. The van der Waals surface area contributed by atoms with Gasteiger partial charge < -0.3 is 5.11 Å². The molecule has 1 aliphatic heterocycles. The van der Waals surface area contributed by atoms with Crippen LogP contribution in [0.3, 0.4) is 0 Å². The summed E-state index contributed by atoms with van der Waals surface area (Å²) in [6, 6.07) is 3.12. The molecule has 1 amide bonds. The van der Waals surface area contributed by atoms with Crippen molar-refractivity contribution in [3.05, 3.63) is 21.7 Å². The number of aliphatic hydroxyl groups excluding tert-OH is 1. The topological polar surface area (TPSA) is 53.4 Å². The van der Waals surface area contributed by atoms with Crippen LogP contribution in [-0.2, 0) is 4.79 Å². The Kier molecular flexibility index (Phi) is 2.87. The van der Waals surface area contributed by atoms with Crippen LogP contribution < -0.4 is 4.90 Å². The second kappa shape index (κ2) is 4.01. The van der Waals surface area contributed by atoms with Crippen LogP contribution in [0.1, 0.15) is 6.42 Å². The summed E-state index contributed by atoms with van der Waals surface area (Å²) in [5, 5.41) is 9.27. The molecule has 0 bridgehead atoms. The lowest BCUT2D eigenvalue weighted by molar-refractivity contribution is -0.117. The van der Waals surface area contributed by atoms with E-state index in [9.17, 15) is 14.3 Å². The van der Waals surface area contributed by atoms with Crippen LogP contribution in [0, 0.1) is 9.52 Å². The van der Waals surface area contributed by atoms with Gasteiger partial charge in [-0.05, 0) is 34.7 Å². The van der Waals surface area contributed by atoms with Gasteiger partial charge in [0, 0.05) is 0 Å². The predicted octanol–water partition coefficient (Wildman–Crippen LogP) is 0.923. The summed E-state index contributed by atoms with van der Waals surface area (Å²) in [4.78, 5) is 16.3. The second-order valence-corrected chi connectivity index (χ2v) is 4.47. The van der Waals surface area contributed by atoms with Crippen molar-refractivity contribution in [1.29, 1.82) is 0 Å². The van der Waals surface area contributed by atoms with Gasteiger partial charge in [-0.15, -0.1) is 0 Å². The Morgan fingerprint density at radius 3 is 2.87 bits per heavy atom. The number of amides is 1.